The molecule has 28 heavy (non-hydrogen) atoms. The molecule has 0 bridgehead atoms. The Labute approximate surface area is 177 Å². The molecule has 1 unspecified atom stereocenters. The summed E-state index contributed by atoms with van der Waals surface area (Å²) in [6.07, 6.45) is 1.98. The van der Waals surface area contributed by atoms with Gasteiger partial charge in [0, 0.05) is 49.8 Å². The number of hydrogen-bond acceptors (Lipinski definition) is 4. The highest BCUT2D eigenvalue weighted by Crippen LogP contribution is 2.32. The molecule has 0 N–H and O–H groups in total. The number of pyridine rings is 1. The summed E-state index contributed by atoms with van der Waals surface area (Å²) < 4.78 is 0.859. The SMILES string of the molecule is O=C(C1CC(=O)N(c2ccccc2Br)C1)N1CCN(c2ncccc2Cl)CC1. The average molecular weight is 464 g/mol. The number of rotatable bonds is 3. The zero-order chi connectivity index (χ0) is 19.7. The van der Waals surface area contributed by atoms with Crippen LogP contribution in [0.4, 0.5) is 11.5 Å². The zero-order valence-corrected chi connectivity index (χ0v) is 17.6. The number of carbonyl (C=O) groups excluding carboxylic acids is 2. The molecule has 6 nitrogen and oxygen atoms in total. The Morgan fingerprint density at radius 2 is 1.86 bits per heavy atom. The summed E-state index contributed by atoms with van der Waals surface area (Å²) in [4.78, 5) is 35.5. The molecule has 3 heterocycles. The van der Waals surface area contributed by atoms with Crippen molar-refractivity contribution in [2.75, 3.05) is 42.5 Å². The van der Waals surface area contributed by atoms with E-state index in [1.807, 2.05) is 35.2 Å². The standard InChI is InChI=1S/C20H20BrClN4O2/c21-15-4-1-2-6-17(15)26-13-14(12-18(26)27)20(28)25-10-8-24(9-11-25)19-16(22)5-3-7-23-19/h1-7,14H,8-13H2. The maximum Gasteiger partial charge on any atom is 0.228 e. The van der Waals surface area contributed by atoms with Crippen molar-refractivity contribution in [3.63, 3.8) is 0 Å². The Kier molecular flexibility index (Phi) is 5.55. The molecule has 0 saturated carbocycles. The Balaban J connectivity index is 1.39. The van der Waals surface area contributed by atoms with Crippen molar-refractivity contribution in [1.82, 2.24) is 9.88 Å². The molecule has 0 aliphatic carbocycles. The van der Waals surface area contributed by atoms with E-state index >= 15 is 0 Å². The lowest BCUT2D eigenvalue weighted by Crippen LogP contribution is -2.51. The lowest BCUT2D eigenvalue weighted by Gasteiger charge is -2.36. The molecule has 2 amide bonds. The fourth-order valence-electron chi connectivity index (χ4n) is 3.78. The predicted molar refractivity (Wildman–Crippen MR) is 113 cm³/mol. The first-order chi connectivity index (χ1) is 13.5. The molecular formula is C20H20BrClN4O2. The van der Waals surface area contributed by atoms with Gasteiger partial charge in [0.05, 0.1) is 16.6 Å². The van der Waals surface area contributed by atoms with E-state index in [2.05, 4.69) is 25.8 Å². The topological polar surface area (TPSA) is 56.8 Å². The molecule has 2 aliphatic heterocycles. The Morgan fingerprint density at radius 3 is 2.57 bits per heavy atom. The number of para-hydroxylation sites is 1. The number of carbonyl (C=O) groups is 2. The Morgan fingerprint density at radius 1 is 1.11 bits per heavy atom. The van der Waals surface area contributed by atoms with Crippen LogP contribution in [-0.4, -0.2) is 54.4 Å². The van der Waals surface area contributed by atoms with Gasteiger partial charge in [-0.25, -0.2) is 4.98 Å². The van der Waals surface area contributed by atoms with E-state index < -0.39 is 0 Å². The van der Waals surface area contributed by atoms with Gasteiger partial charge in [0.1, 0.15) is 5.82 Å². The normalized spacial score (nSPS) is 20.0. The summed E-state index contributed by atoms with van der Waals surface area (Å²) in [7, 11) is 0. The number of halogens is 2. The van der Waals surface area contributed by atoms with Gasteiger partial charge in [0.15, 0.2) is 0 Å². The zero-order valence-electron chi connectivity index (χ0n) is 15.2. The molecular weight excluding hydrogens is 444 g/mol. The molecule has 2 aromatic rings. The third kappa shape index (κ3) is 3.73. The highest BCUT2D eigenvalue weighted by atomic mass is 79.9. The third-order valence-electron chi connectivity index (χ3n) is 5.25. The van der Waals surface area contributed by atoms with Crippen LogP contribution in [0, 0.1) is 5.92 Å². The highest BCUT2D eigenvalue weighted by Gasteiger charge is 2.38. The first-order valence-electron chi connectivity index (χ1n) is 9.24. The van der Waals surface area contributed by atoms with Crippen molar-refractivity contribution in [2.24, 2.45) is 5.92 Å². The maximum absolute atomic E-state index is 13.0. The van der Waals surface area contributed by atoms with E-state index in [0.29, 0.717) is 37.7 Å². The van der Waals surface area contributed by atoms with E-state index in [0.717, 1.165) is 16.0 Å². The largest absolute Gasteiger partial charge is 0.352 e. The monoisotopic (exact) mass is 462 g/mol. The molecule has 146 valence electrons. The van der Waals surface area contributed by atoms with Crippen molar-refractivity contribution in [3.05, 3.63) is 52.1 Å². The van der Waals surface area contributed by atoms with E-state index in [9.17, 15) is 9.59 Å². The first kappa shape index (κ1) is 19.2. The number of aromatic nitrogens is 1. The van der Waals surface area contributed by atoms with Crippen LogP contribution in [0.5, 0.6) is 0 Å². The van der Waals surface area contributed by atoms with E-state index in [1.165, 1.54) is 0 Å². The fourth-order valence-corrected chi connectivity index (χ4v) is 4.52. The Hall–Kier alpha value is -2.12. The second kappa shape index (κ2) is 8.09. The van der Waals surface area contributed by atoms with E-state index in [-0.39, 0.29) is 24.2 Å². The number of piperazine rings is 1. The molecule has 1 atom stereocenters. The smallest absolute Gasteiger partial charge is 0.228 e. The van der Waals surface area contributed by atoms with E-state index in [4.69, 9.17) is 11.6 Å². The van der Waals surface area contributed by atoms with Gasteiger partial charge in [0.2, 0.25) is 11.8 Å². The molecule has 8 heteroatoms. The van der Waals surface area contributed by atoms with Crippen LogP contribution in [-0.2, 0) is 9.59 Å². The van der Waals surface area contributed by atoms with Gasteiger partial charge >= 0.3 is 0 Å². The number of benzene rings is 1. The summed E-state index contributed by atoms with van der Waals surface area (Å²) in [6, 6.07) is 11.2. The van der Waals surface area contributed by atoms with Crippen LogP contribution >= 0.6 is 27.5 Å². The number of hydrogen-bond donors (Lipinski definition) is 0. The van der Waals surface area contributed by atoms with Crippen molar-refractivity contribution >= 4 is 50.9 Å². The van der Waals surface area contributed by atoms with E-state index in [1.54, 1.807) is 17.2 Å². The van der Waals surface area contributed by atoms with Gasteiger partial charge < -0.3 is 14.7 Å². The van der Waals surface area contributed by atoms with Crippen LogP contribution in [0.2, 0.25) is 5.02 Å². The molecule has 0 spiro atoms. The van der Waals surface area contributed by atoms with Crippen LogP contribution in [0.1, 0.15) is 6.42 Å². The fraction of sp³-hybridized carbons (Fsp3) is 0.350. The number of nitrogens with zero attached hydrogens (tertiary/aromatic N) is 4. The maximum atomic E-state index is 13.0. The summed E-state index contributed by atoms with van der Waals surface area (Å²) in [5, 5.41) is 0.618. The summed E-state index contributed by atoms with van der Waals surface area (Å²) in [6.45, 7) is 2.98. The molecule has 2 aliphatic rings. The van der Waals surface area contributed by atoms with Crippen LogP contribution in [0.3, 0.4) is 0 Å². The second-order valence-electron chi connectivity index (χ2n) is 6.98. The van der Waals surface area contributed by atoms with Gasteiger partial charge in [-0.2, -0.15) is 0 Å². The predicted octanol–water partition coefficient (Wildman–Crippen LogP) is 3.20. The van der Waals surface area contributed by atoms with Crippen molar-refractivity contribution < 1.29 is 9.59 Å². The summed E-state index contributed by atoms with van der Waals surface area (Å²) in [5.74, 6) is 0.496. The lowest BCUT2D eigenvalue weighted by atomic mass is 10.1. The molecule has 2 saturated heterocycles. The minimum atomic E-state index is -0.301. The highest BCUT2D eigenvalue weighted by molar-refractivity contribution is 9.10. The van der Waals surface area contributed by atoms with Crippen molar-refractivity contribution in [1.29, 1.82) is 0 Å². The van der Waals surface area contributed by atoms with Gasteiger partial charge in [-0.05, 0) is 40.2 Å². The molecule has 2 fully saturated rings. The number of anilines is 2. The van der Waals surface area contributed by atoms with Gasteiger partial charge in [-0.3, -0.25) is 9.59 Å². The molecule has 4 rings (SSSR count). The third-order valence-corrected chi connectivity index (χ3v) is 6.21. The van der Waals surface area contributed by atoms with Crippen molar-refractivity contribution in [3.8, 4) is 0 Å². The van der Waals surface area contributed by atoms with Crippen LogP contribution in [0.25, 0.3) is 0 Å². The lowest BCUT2D eigenvalue weighted by molar-refractivity contribution is -0.136. The molecule has 1 aromatic heterocycles. The van der Waals surface area contributed by atoms with Crippen LogP contribution < -0.4 is 9.80 Å². The Bertz CT molecular complexity index is 901. The van der Waals surface area contributed by atoms with Crippen molar-refractivity contribution in [2.45, 2.75) is 6.42 Å². The van der Waals surface area contributed by atoms with Gasteiger partial charge in [0.25, 0.3) is 0 Å². The van der Waals surface area contributed by atoms with Gasteiger partial charge in [-0.15, -0.1) is 0 Å². The number of amides is 2. The minimum absolute atomic E-state index is 0.0100. The molecule has 0 radical (unpaired) electrons. The first-order valence-corrected chi connectivity index (χ1v) is 10.4. The summed E-state index contributed by atoms with van der Waals surface area (Å²) in [5.41, 5.74) is 0.817. The minimum Gasteiger partial charge on any atom is -0.352 e. The van der Waals surface area contributed by atoms with Gasteiger partial charge in [-0.1, -0.05) is 23.7 Å². The summed E-state index contributed by atoms with van der Waals surface area (Å²) >= 11 is 9.72. The second-order valence-corrected chi connectivity index (χ2v) is 8.24. The average Bonchev–Trinajstić information content (AvgIpc) is 3.10. The quantitative estimate of drug-likeness (QED) is 0.701. The molecule has 1 aromatic carbocycles. The van der Waals surface area contributed by atoms with Crippen LogP contribution in [0.15, 0.2) is 47.1 Å².